The third-order valence-electron chi connectivity index (χ3n) is 7.30. The van der Waals surface area contributed by atoms with Crippen LogP contribution in [0.1, 0.15) is 22.3 Å². The highest BCUT2D eigenvalue weighted by Crippen LogP contribution is 2.38. The zero-order valence-electron chi connectivity index (χ0n) is 20.8. The molecule has 0 saturated heterocycles. The van der Waals surface area contributed by atoms with Crippen molar-refractivity contribution in [1.29, 1.82) is 21.0 Å². The molecule has 0 saturated carbocycles. The number of nitriles is 4. The van der Waals surface area contributed by atoms with Gasteiger partial charge < -0.3 is 4.57 Å². The van der Waals surface area contributed by atoms with Crippen molar-refractivity contribution >= 4 is 43.6 Å². The lowest BCUT2D eigenvalue weighted by Crippen LogP contribution is -2.08. The molecule has 40 heavy (non-hydrogen) atoms. The molecule has 7 nitrogen and oxygen atoms in total. The Labute approximate surface area is 227 Å². The molecule has 0 amide bonds. The van der Waals surface area contributed by atoms with Gasteiger partial charge in [-0.05, 0) is 48.5 Å². The molecule has 0 aliphatic rings. The summed E-state index contributed by atoms with van der Waals surface area (Å²) in [5, 5.41) is 43.4. The molecule has 0 unspecified atom stereocenters. The number of benzene rings is 4. The molecule has 3 heterocycles. The van der Waals surface area contributed by atoms with E-state index >= 15 is 0 Å². The smallest absolute Gasteiger partial charge is 0.157 e. The molecule has 3 aromatic heterocycles. The first kappa shape index (κ1) is 22.8. The summed E-state index contributed by atoms with van der Waals surface area (Å²) in [5.41, 5.74) is 5.15. The van der Waals surface area contributed by atoms with Crippen LogP contribution in [-0.2, 0) is 0 Å². The Bertz CT molecular complexity index is 2380. The van der Waals surface area contributed by atoms with Crippen molar-refractivity contribution in [2.75, 3.05) is 0 Å². The summed E-state index contributed by atoms with van der Waals surface area (Å²) < 4.78 is 3.83. The standard InChI is InChI=1S/C33H15N7/c34-15-20-9-11-30-25(13-20)23-5-1-3-7-28(23)39(30)32-22(17-36)19-38-33(27(32)18-37)40-29-8-4-2-6-24(29)26-14-21(16-35)10-12-31(26)40/h1-14,19H. The Balaban J connectivity index is 1.65. The molecular formula is C33H15N7. The van der Waals surface area contributed by atoms with Crippen LogP contribution in [-0.4, -0.2) is 14.1 Å². The van der Waals surface area contributed by atoms with E-state index in [-0.39, 0.29) is 11.1 Å². The highest BCUT2D eigenvalue weighted by Gasteiger charge is 2.24. The number of hydrogen-bond donors (Lipinski definition) is 0. The molecule has 0 aliphatic heterocycles. The van der Waals surface area contributed by atoms with Gasteiger partial charge in [-0.25, -0.2) is 4.98 Å². The highest BCUT2D eigenvalue weighted by atomic mass is 15.1. The molecule has 7 aromatic rings. The third-order valence-corrected chi connectivity index (χ3v) is 7.30. The molecule has 0 spiro atoms. The lowest BCUT2D eigenvalue weighted by molar-refractivity contribution is 1.04. The van der Waals surface area contributed by atoms with Crippen LogP contribution in [0.5, 0.6) is 0 Å². The van der Waals surface area contributed by atoms with Gasteiger partial charge in [0.15, 0.2) is 5.82 Å². The summed E-state index contributed by atoms with van der Waals surface area (Å²) in [6, 6.07) is 35.4. The summed E-state index contributed by atoms with van der Waals surface area (Å²) >= 11 is 0. The van der Waals surface area contributed by atoms with Gasteiger partial charge in [0.2, 0.25) is 0 Å². The van der Waals surface area contributed by atoms with Gasteiger partial charge in [0.1, 0.15) is 17.7 Å². The Hall–Kier alpha value is -6.41. The SMILES string of the molecule is N#Cc1ccc2c(c1)c1ccccc1n2-c1ncc(C#N)c(-n2c3ccccc3c3cc(C#N)ccc32)c1C#N. The average Bonchev–Trinajstić information content (AvgIpc) is 3.52. The first-order chi connectivity index (χ1) is 19.7. The van der Waals surface area contributed by atoms with Crippen LogP contribution in [0.2, 0.25) is 0 Å². The fourth-order valence-electron chi connectivity index (χ4n) is 5.63. The van der Waals surface area contributed by atoms with Crippen LogP contribution < -0.4 is 0 Å². The van der Waals surface area contributed by atoms with E-state index < -0.39 is 0 Å². The van der Waals surface area contributed by atoms with E-state index in [0.717, 1.165) is 43.6 Å². The van der Waals surface area contributed by atoms with Crippen molar-refractivity contribution in [3.63, 3.8) is 0 Å². The largest absolute Gasteiger partial charge is 0.306 e. The van der Waals surface area contributed by atoms with Gasteiger partial charge in [-0.15, -0.1) is 0 Å². The van der Waals surface area contributed by atoms with Gasteiger partial charge >= 0.3 is 0 Å². The number of pyridine rings is 1. The lowest BCUT2D eigenvalue weighted by Gasteiger charge is -2.16. The number of para-hydroxylation sites is 2. The normalized spacial score (nSPS) is 10.9. The molecule has 7 heteroatoms. The molecule has 0 atom stereocenters. The van der Waals surface area contributed by atoms with Crippen molar-refractivity contribution in [2.45, 2.75) is 0 Å². The van der Waals surface area contributed by atoms with E-state index in [0.29, 0.717) is 22.6 Å². The summed E-state index contributed by atoms with van der Waals surface area (Å²) in [6.45, 7) is 0. The predicted octanol–water partition coefficient (Wildman–Crippen LogP) is 6.76. The van der Waals surface area contributed by atoms with Crippen molar-refractivity contribution in [1.82, 2.24) is 14.1 Å². The molecule has 0 aliphatic carbocycles. The van der Waals surface area contributed by atoms with Gasteiger partial charge in [-0.3, -0.25) is 4.57 Å². The van der Waals surface area contributed by atoms with E-state index in [1.807, 2.05) is 81.9 Å². The van der Waals surface area contributed by atoms with E-state index in [4.69, 9.17) is 0 Å². The number of aromatic nitrogens is 3. The maximum atomic E-state index is 10.7. The summed E-state index contributed by atoms with van der Waals surface area (Å²) in [6.07, 6.45) is 1.50. The molecule has 0 fully saturated rings. The number of hydrogen-bond acceptors (Lipinski definition) is 5. The molecule has 182 valence electrons. The Kier molecular flexibility index (Phi) is 4.88. The van der Waals surface area contributed by atoms with E-state index in [1.165, 1.54) is 6.20 Å². The third kappa shape index (κ3) is 3.04. The molecule has 0 N–H and O–H groups in total. The Morgan fingerprint density at radius 3 is 1.60 bits per heavy atom. The van der Waals surface area contributed by atoms with Crippen LogP contribution >= 0.6 is 0 Å². The van der Waals surface area contributed by atoms with Crippen LogP contribution in [0, 0.1) is 45.3 Å². The fraction of sp³-hybridized carbons (Fsp3) is 0. The number of rotatable bonds is 2. The van der Waals surface area contributed by atoms with E-state index in [1.54, 1.807) is 12.1 Å². The quantitative estimate of drug-likeness (QED) is 0.255. The van der Waals surface area contributed by atoms with Crippen molar-refractivity contribution < 1.29 is 0 Å². The summed E-state index contributed by atoms with van der Waals surface area (Å²) in [4.78, 5) is 4.66. The van der Waals surface area contributed by atoms with Crippen LogP contribution in [0.3, 0.4) is 0 Å². The lowest BCUT2D eigenvalue weighted by atomic mass is 10.1. The molecule has 0 bridgehead atoms. The summed E-state index contributed by atoms with van der Waals surface area (Å²) in [7, 11) is 0. The van der Waals surface area contributed by atoms with Crippen LogP contribution in [0.25, 0.3) is 55.1 Å². The van der Waals surface area contributed by atoms with Gasteiger partial charge in [0.05, 0.1) is 56.6 Å². The zero-order chi connectivity index (χ0) is 27.4. The average molecular weight is 510 g/mol. The van der Waals surface area contributed by atoms with Gasteiger partial charge in [-0.2, -0.15) is 21.0 Å². The fourth-order valence-corrected chi connectivity index (χ4v) is 5.63. The molecule has 7 rings (SSSR count). The maximum Gasteiger partial charge on any atom is 0.157 e. The molecular weight excluding hydrogens is 494 g/mol. The molecule has 4 aromatic carbocycles. The topological polar surface area (TPSA) is 118 Å². The minimum absolute atomic E-state index is 0.234. The first-order valence-electron chi connectivity index (χ1n) is 12.4. The minimum atomic E-state index is 0.234. The van der Waals surface area contributed by atoms with Crippen molar-refractivity contribution in [3.05, 3.63) is 113 Å². The van der Waals surface area contributed by atoms with Gasteiger partial charge in [0, 0.05) is 27.7 Å². The second-order valence-electron chi connectivity index (χ2n) is 9.34. The number of nitrogens with zero attached hydrogens (tertiary/aromatic N) is 7. The van der Waals surface area contributed by atoms with Crippen molar-refractivity contribution in [2.24, 2.45) is 0 Å². The second kappa shape index (κ2) is 8.57. The summed E-state index contributed by atoms with van der Waals surface area (Å²) in [5.74, 6) is 0.381. The number of fused-ring (bicyclic) bond motifs is 6. The van der Waals surface area contributed by atoms with E-state index in [2.05, 4.69) is 29.3 Å². The second-order valence-corrected chi connectivity index (χ2v) is 9.34. The Morgan fingerprint density at radius 1 is 0.525 bits per heavy atom. The highest BCUT2D eigenvalue weighted by molar-refractivity contribution is 6.11. The van der Waals surface area contributed by atoms with Crippen LogP contribution in [0.15, 0.2) is 91.1 Å². The van der Waals surface area contributed by atoms with E-state index in [9.17, 15) is 21.0 Å². The first-order valence-corrected chi connectivity index (χ1v) is 12.4. The zero-order valence-corrected chi connectivity index (χ0v) is 20.8. The predicted molar refractivity (Wildman–Crippen MR) is 152 cm³/mol. The van der Waals surface area contributed by atoms with Crippen molar-refractivity contribution in [3.8, 4) is 35.8 Å². The van der Waals surface area contributed by atoms with Crippen LogP contribution in [0.4, 0.5) is 0 Å². The minimum Gasteiger partial charge on any atom is -0.306 e. The van der Waals surface area contributed by atoms with Gasteiger partial charge in [-0.1, -0.05) is 36.4 Å². The Morgan fingerprint density at radius 2 is 1.05 bits per heavy atom. The monoisotopic (exact) mass is 509 g/mol. The maximum absolute atomic E-state index is 10.7. The molecule has 0 radical (unpaired) electrons. The van der Waals surface area contributed by atoms with Gasteiger partial charge in [0.25, 0.3) is 0 Å².